The first-order chi connectivity index (χ1) is 8.78. The van der Waals surface area contributed by atoms with Gasteiger partial charge in [0.2, 0.25) is 0 Å². The lowest BCUT2D eigenvalue weighted by Gasteiger charge is -2.20. The molecule has 1 atom stereocenters. The summed E-state index contributed by atoms with van der Waals surface area (Å²) in [6.07, 6.45) is 2.16. The minimum Gasteiger partial charge on any atom is -0.466 e. The molecule has 0 aliphatic heterocycles. The van der Waals surface area contributed by atoms with Crippen LogP contribution in [-0.4, -0.2) is 30.8 Å². The first-order valence-electron chi connectivity index (χ1n) is 6.53. The van der Waals surface area contributed by atoms with Crippen LogP contribution >= 0.6 is 0 Å². The maximum atomic E-state index is 11.4. The van der Waals surface area contributed by atoms with Gasteiger partial charge in [-0.15, -0.1) is 6.58 Å². The molecule has 0 fully saturated rings. The Balaban J connectivity index is 3.93. The number of hydrogen-bond acceptors (Lipinski definition) is 4. The molecule has 5 nitrogen and oxygen atoms in total. The van der Waals surface area contributed by atoms with Crippen LogP contribution in [0.25, 0.3) is 0 Å². The Labute approximate surface area is 115 Å². The monoisotopic (exact) mass is 271 g/mol. The fourth-order valence-electron chi connectivity index (χ4n) is 1.41. The molecular weight excluding hydrogens is 246 g/mol. The zero-order valence-electron chi connectivity index (χ0n) is 12.3. The molecule has 0 aromatic rings. The van der Waals surface area contributed by atoms with Crippen LogP contribution in [-0.2, 0) is 14.3 Å². The summed E-state index contributed by atoms with van der Waals surface area (Å²) in [5, 5.41) is 2.65. The number of rotatable bonds is 7. The van der Waals surface area contributed by atoms with Crippen molar-refractivity contribution in [2.75, 3.05) is 13.2 Å². The second kappa shape index (κ2) is 8.56. The SMILES string of the molecule is C=CC(CCNC(=O)OC(C)(C)C)CC(=O)OCC. The molecule has 1 amide bonds. The highest BCUT2D eigenvalue weighted by Gasteiger charge is 2.16. The van der Waals surface area contributed by atoms with Crippen molar-refractivity contribution in [3.8, 4) is 0 Å². The lowest BCUT2D eigenvalue weighted by atomic mass is 10.0. The highest BCUT2D eigenvalue weighted by molar-refractivity contribution is 5.70. The molecule has 0 aliphatic rings. The molecule has 1 N–H and O–H groups in total. The third-order valence-electron chi connectivity index (χ3n) is 2.25. The second-order valence-corrected chi connectivity index (χ2v) is 5.22. The van der Waals surface area contributed by atoms with Gasteiger partial charge in [-0.05, 0) is 40.0 Å². The van der Waals surface area contributed by atoms with Crippen LogP contribution in [0.5, 0.6) is 0 Å². The first-order valence-corrected chi connectivity index (χ1v) is 6.53. The number of allylic oxidation sites excluding steroid dienone is 1. The van der Waals surface area contributed by atoms with Crippen LogP contribution in [0, 0.1) is 5.92 Å². The van der Waals surface area contributed by atoms with Crippen molar-refractivity contribution >= 4 is 12.1 Å². The highest BCUT2D eigenvalue weighted by Crippen LogP contribution is 2.11. The Morgan fingerprint density at radius 2 is 2.00 bits per heavy atom. The van der Waals surface area contributed by atoms with Crippen LogP contribution in [0.3, 0.4) is 0 Å². The molecule has 0 rings (SSSR count). The van der Waals surface area contributed by atoms with Gasteiger partial charge in [0.15, 0.2) is 0 Å². The number of esters is 1. The zero-order chi connectivity index (χ0) is 14.9. The number of nitrogens with one attached hydrogen (secondary N) is 1. The molecule has 19 heavy (non-hydrogen) atoms. The number of alkyl carbamates (subject to hydrolysis) is 1. The molecule has 1 unspecified atom stereocenters. The van der Waals surface area contributed by atoms with Crippen LogP contribution < -0.4 is 5.32 Å². The third-order valence-corrected chi connectivity index (χ3v) is 2.25. The van der Waals surface area contributed by atoms with Crippen molar-refractivity contribution in [2.24, 2.45) is 5.92 Å². The quantitative estimate of drug-likeness (QED) is 0.571. The molecular formula is C14H25NO4. The van der Waals surface area contributed by atoms with Gasteiger partial charge in [-0.1, -0.05) is 6.08 Å². The molecule has 5 heteroatoms. The molecule has 0 bridgehead atoms. The number of carbonyl (C=O) groups excluding carboxylic acids is 2. The molecule has 0 saturated carbocycles. The van der Waals surface area contributed by atoms with E-state index in [4.69, 9.17) is 9.47 Å². The van der Waals surface area contributed by atoms with E-state index in [-0.39, 0.29) is 18.3 Å². The summed E-state index contributed by atoms with van der Waals surface area (Å²) >= 11 is 0. The fourth-order valence-corrected chi connectivity index (χ4v) is 1.41. The zero-order valence-corrected chi connectivity index (χ0v) is 12.3. The summed E-state index contributed by atoms with van der Waals surface area (Å²) in [4.78, 5) is 22.7. The van der Waals surface area contributed by atoms with Gasteiger partial charge in [0, 0.05) is 6.54 Å². The van der Waals surface area contributed by atoms with Crippen molar-refractivity contribution < 1.29 is 19.1 Å². The third kappa shape index (κ3) is 10.1. The first kappa shape index (κ1) is 17.5. The van der Waals surface area contributed by atoms with Crippen molar-refractivity contribution in [3.63, 3.8) is 0 Å². The van der Waals surface area contributed by atoms with Gasteiger partial charge in [-0.25, -0.2) is 4.79 Å². The summed E-state index contributed by atoms with van der Waals surface area (Å²) in [6, 6.07) is 0. The summed E-state index contributed by atoms with van der Waals surface area (Å²) in [7, 11) is 0. The average molecular weight is 271 g/mol. The largest absolute Gasteiger partial charge is 0.466 e. The van der Waals surface area contributed by atoms with Crippen molar-refractivity contribution in [2.45, 2.75) is 46.1 Å². The van der Waals surface area contributed by atoms with Gasteiger partial charge in [0.1, 0.15) is 5.60 Å². The number of amides is 1. The Bertz CT molecular complexity index is 307. The van der Waals surface area contributed by atoms with Gasteiger partial charge in [-0.3, -0.25) is 4.79 Å². The molecule has 0 aromatic carbocycles. The molecule has 0 saturated heterocycles. The van der Waals surface area contributed by atoms with E-state index in [1.165, 1.54) is 0 Å². The number of ether oxygens (including phenoxy) is 2. The smallest absolute Gasteiger partial charge is 0.407 e. The normalized spacial score (nSPS) is 12.4. The van der Waals surface area contributed by atoms with Crippen LogP contribution in [0.4, 0.5) is 4.79 Å². The Hall–Kier alpha value is -1.52. The summed E-state index contributed by atoms with van der Waals surface area (Å²) in [6.45, 7) is 11.7. The van der Waals surface area contributed by atoms with E-state index < -0.39 is 11.7 Å². The van der Waals surface area contributed by atoms with E-state index >= 15 is 0 Å². The predicted octanol–water partition coefficient (Wildman–Crippen LogP) is 2.66. The van der Waals surface area contributed by atoms with Crippen LogP contribution in [0.2, 0.25) is 0 Å². The number of carbonyl (C=O) groups is 2. The van der Waals surface area contributed by atoms with Gasteiger partial charge in [-0.2, -0.15) is 0 Å². The molecule has 0 aliphatic carbocycles. The van der Waals surface area contributed by atoms with Crippen molar-refractivity contribution in [3.05, 3.63) is 12.7 Å². The second-order valence-electron chi connectivity index (χ2n) is 5.22. The fraction of sp³-hybridized carbons (Fsp3) is 0.714. The van der Waals surface area contributed by atoms with Crippen molar-refractivity contribution in [1.29, 1.82) is 0 Å². The standard InChI is InChI=1S/C14H25NO4/c1-6-11(10-12(16)18-7-2)8-9-15-13(17)19-14(3,4)5/h6,11H,1,7-10H2,2-5H3,(H,15,17). The van der Waals surface area contributed by atoms with E-state index in [1.54, 1.807) is 33.8 Å². The molecule has 0 heterocycles. The van der Waals surface area contributed by atoms with Gasteiger partial charge in [0.25, 0.3) is 0 Å². The summed E-state index contributed by atoms with van der Waals surface area (Å²) in [5.41, 5.74) is -0.507. The highest BCUT2D eigenvalue weighted by atomic mass is 16.6. The molecule has 0 aromatic heterocycles. The van der Waals surface area contributed by atoms with E-state index in [0.717, 1.165) is 0 Å². The maximum absolute atomic E-state index is 11.4. The van der Waals surface area contributed by atoms with Crippen LogP contribution in [0.1, 0.15) is 40.5 Å². The minimum atomic E-state index is -0.507. The van der Waals surface area contributed by atoms with E-state index in [9.17, 15) is 9.59 Å². The van der Waals surface area contributed by atoms with Gasteiger partial charge >= 0.3 is 12.1 Å². The molecule has 110 valence electrons. The summed E-state index contributed by atoms with van der Waals surface area (Å²) in [5.74, 6) is -0.251. The Morgan fingerprint density at radius 3 is 2.47 bits per heavy atom. The van der Waals surface area contributed by atoms with Gasteiger partial charge in [0.05, 0.1) is 13.0 Å². The topological polar surface area (TPSA) is 64.6 Å². The molecule has 0 spiro atoms. The lowest BCUT2D eigenvalue weighted by Crippen LogP contribution is -2.33. The van der Waals surface area contributed by atoms with E-state index in [1.807, 2.05) is 0 Å². The predicted molar refractivity (Wildman–Crippen MR) is 73.8 cm³/mol. The maximum Gasteiger partial charge on any atom is 0.407 e. The Kier molecular flexibility index (Phi) is 7.87. The van der Waals surface area contributed by atoms with E-state index in [2.05, 4.69) is 11.9 Å². The lowest BCUT2D eigenvalue weighted by molar-refractivity contribution is -0.143. The molecule has 0 radical (unpaired) electrons. The Morgan fingerprint density at radius 1 is 1.37 bits per heavy atom. The summed E-state index contributed by atoms with van der Waals surface area (Å²) < 4.78 is 9.97. The number of hydrogen-bond donors (Lipinski definition) is 1. The van der Waals surface area contributed by atoms with Gasteiger partial charge < -0.3 is 14.8 Å². The van der Waals surface area contributed by atoms with Crippen LogP contribution in [0.15, 0.2) is 12.7 Å². The van der Waals surface area contributed by atoms with E-state index in [0.29, 0.717) is 19.6 Å². The van der Waals surface area contributed by atoms with Crippen molar-refractivity contribution in [1.82, 2.24) is 5.32 Å². The minimum absolute atomic E-state index is 0.00557. The average Bonchev–Trinajstić information content (AvgIpc) is 2.25.